The van der Waals surface area contributed by atoms with Crippen LogP contribution in [0.15, 0.2) is 66.7 Å². The van der Waals surface area contributed by atoms with Crippen LogP contribution < -0.4 is 5.32 Å². The molecule has 1 aliphatic carbocycles. The van der Waals surface area contributed by atoms with Crippen molar-refractivity contribution in [2.75, 3.05) is 5.32 Å². The summed E-state index contributed by atoms with van der Waals surface area (Å²) in [7, 11) is 0. The van der Waals surface area contributed by atoms with Crippen molar-refractivity contribution in [3.63, 3.8) is 0 Å². The van der Waals surface area contributed by atoms with Crippen molar-refractivity contribution < 1.29 is 0 Å². The maximum absolute atomic E-state index is 9.50. The number of rotatable bonds is 3. The molecule has 3 nitrogen and oxygen atoms in total. The van der Waals surface area contributed by atoms with Crippen LogP contribution in [-0.2, 0) is 5.41 Å². The van der Waals surface area contributed by atoms with Crippen molar-refractivity contribution in [1.82, 2.24) is 4.90 Å². The zero-order valence-electron chi connectivity index (χ0n) is 21.4. The fraction of sp³-hybridized carbons (Fsp3) is 0.323. The Morgan fingerprint density at radius 2 is 1.44 bits per heavy atom. The van der Waals surface area contributed by atoms with E-state index in [1.165, 1.54) is 44.5 Å². The van der Waals surface area contributed by atoms with Crippen molar-refractivity contribution in [1.29, 1.82) is 5.41 Å². The van der Waals surface area contributed by atoms with Gasteiger partial charge in [0.05, 0.1) is 5.54 Å². The topological polar surface area (TPSA) is 39.1 Å². The molecule has 5 rings (SSSR count). The summed E-state index contributed by atoms with van der Waals surface area (Å²) in [6.07, 6.45) is -0.179. The lowest BCUT2D eigenvalue weighted by atomic mass is 9.82. The predicted octanol–water partition coefficient (Wildman–Crippen LogP) is 7.27. The SMILES string of the molecule is C=C1C2(C)c3ccccc3C(Nc3c(C)cc(C)cc3C)N(C(=N)c3cc(C)cc(C)c3)C12C. The summed E-state index contributed by atoms with van der Waals surface area (Å²) < 4.78 is 0. The molecule has 0 aromatic heterocycles. The molecular weight excluding hydrogens is 414 g/mol. The molecule has 2 N–H and O–H groups in total. The zero-order chi connectivity index (χ0) is 24.6. The molecule has 3 aromatic carbocycles. The Bertz CT molecular complexity index is 1320. The highest BCUT2D eigenvalue weighted by Crippen LogP contribution is 2.70. The Balaban J connectivity index is 1.72. The van der Waals surface area contributed by atoms with Gasteiger partial charge < -0.3 is 10.2 Å². The van der Waals surface area contributed by atoms with E-state index in [1.807, 2.05) is 0 Å². The second kappa shape index (κ2) is 7.33. The molecule has 174 valence electrons. The van der Waals surface area contributed by atoms with Gasteiger partial charge in [0.2, 0.25) is 0 Å². The van der Waals surface area contributed by atoms with Crippen molar-refractivity contribution in [2.45, 2.75) is 65.6 Å². The number of hydrogen-bond donors (Lipinski definition) is 2. The fourth-order valence-corrected chi connectivity index (χ4v) is 6.45. The van der Waals surface area contributed by atoms with E-state index in [0.29, 0.717) is 5.84 Å². The molecule has 3 atom stereocenters. The number of anilines is 1. The first kappa shape index (κ1) is 22.5. The van der Waals surface area contributed by atoms with E-state index >= 15 is 0 Å². The smallest absolute Gasteiger partial charge is 0.130 e. The van der Waals surface area contributed by atoms with Gasteiger partial charge in [-0.15, -0.1) is 0 Å². The molecule has 0 saturated heterocycles. The summed E-state index contributed by atoms with van der Waals surface area (Å²) in [6.45, 7) is 19.8. The lowest BCUT2D eigenvalue weighted by Gasteiger charge is -2.46. The van der Waals surface area contributed by atoms with Gasteiger partial charge in [0.1, 0.15) is 12.0 Å². The van der Waals surface area contributed by atoms with Crippen molar-refractivity contribution in [2.24, 2.45) is 0 Å². The van der Waals surface area contributed by atoms with Crippen molar-refractivity contribution >= 4 is 11.5 Å². The van der Waals surface area contributed by atoms with Gasteiger partial charge in [0.25, 0.3) is 0 Å². The number of fused-ring (bicyclic) bond motifs is 3. The van der Waals surface area contributed by atoms with Crippen LogP contribution in [0, 0.1) is 40.0 Å². The van der Waals surface area contributed by atoms with E-state index in [1.54, 1.807) is 0 Å². The van der Waals surface area contributed by atoms with Crippen LogP contribution >= 0.6 is 0 Å². The Kier molecular flexibility index (Phi) is 4.84. The minimum Gasteiger partial charge on any atom is -0.361 e. The number of nitrogens with zero attached hydrogens (tertiary/aromatic N) is 1. The highest BCUT2D eigenvalue weighted by molar-refractivity contribution is 6.00. The van der Waals surface area contributed by atoms with Crippen molar-refractivity contribution in [3.8, 4) is 0 Å². The molecule has 0 amide bonds. The third-order valence-electron chi connectivity index (χ3n) is 8.33. The van der Waals surface area contributed by atoms with Crippen LogP contribution in [0.3, 0.4) is 0 Å². The first-order chi connectivity index (χ1) is 16.0. The molecule has 3 unspecified atom stereocenters. The van der Waals surface area contributed by atoms with Gasteiger partial charge in [-0.3, -0.25) is 5.41 Å². The maximum atomic E-state index is 9.50. The second-order valence-corrected chi connectivity index (χ2v) is 10.7. The van der Waals surface area contributed by atoms with Crippen LogP contribution in [0.4, 0.5) is 5.69 Å². The van der Waals surface area contributed by atoms with Gasteiger partial charge in [0.15, 0.2) is 0 Å². The van der Waals surface area contributed by atoms with Gasteiger partial charge >= 0.3 is 0 Å². The molecule has 3 heteroatoms. The summed E-state index contributed by atoms with van der Waals surface area (Å²) in [4.78, 5) is 2.28. The summed E-state index contributed by atoms with van der Waals surface area (Å²) >= 11 is 0. The largest absolute Gasteiger partial charge is 0.361 e. The highest BCUT2D eigenvalue weighted by atomic mass is 15.4. The van der Waals surface area contributed by atoms with E-state index in [0.717, 1.165) is 11.3 Å². The summed E-state index contributed by atoms with van der Waals surface area (Å²) in [6, 6.07) is 19.6. The molecule has 1 heterocycles. The molecule has 1 fully saturated rings. The Labute approximate surface area is 204 Å². The minimum atomic E-state index is -0.347. The van der Waals surface area contributed by atoms with Gasteiger partial charge in [-0.1, -0.05) is 65.7 Å². The monoisotopic (exact) mass is 449 g/mol. The summed E-state index contributed by atoms with van der Waals surface area (Å²) in [5.41, 5.74) is 11.3. The predicted molar refractivity (Wildman–Crippen MR) is 143 cm³/mol. The number of amidine groups is 1. The number of hydrogen-bond acceptors (Lipinski definition) is 2. The molecule has 1 saturated carbocycles. The maximum Gasteiger partial charge on any atom is 0.130 e. The molecule has 0 bridgehead atoms. The third-order valence-corrected chi connectivity index (χ3v) is 8.33. The van der Waals surface area contributed by atoms with Crippen LogP contribution in [0.1, 0.15) is 64.5 Å². The average molecular weight is 450 g/mol. The lowest BCUT2D eigenvalue weighted by Crippen LogP contribution is -2.52. The normalized spacial score (nSPS) is 25.0. The summed E-state index contributed by atoms with van der Waals surface area (Å²) in [5.74, 6) is 0.536. The fourth-order valence-electron chi connectivity index (χ4n) is 6.45. The van der Waals surface area contributed by atoms with Crippen LogP contribution in [0.2, 0.25) is 0 Å². The number of aryl methyl sites for hydroxylation is 5. The molecule has 0 spiro atoms. The quantitative estimate of drug-likeness (QED) is 0.251. The molecule has 3 aromatic rings. The van der Waals surface area contributed by atoms with Crippen molar-refractivity contribution in [3.05, 3.63) is 111 Å². The van der Waals surface area contributed by atoms with Gasteiger partial charge in [0, 0.05) is 16.7 Å². The molecule has 34 heavy (non-hydrogen) atoms. The second-order valence-electron chi connectivity index (χ2n) is 10.7. The van der Waals surface area contributed by atoms with Crippen LogP contribution in [-0.4, -0.2) is 16.3 Å². The first-order valence-corrected chi connectivity index (χ1v) is 12.1. The summed E-state index contributed by atoms with van der Waals surface area (Å²) in [5, 5.41) is 13.4. The van der Waals surface area contributed by atoms with Gasteiger partial charge in [-0.05, 0) is 88.4 Å². The average Bonchev–Trinajstić information content (AvgIpc) is 3.22. The molecule has 1 aliphatic heterocycles. The highest BCUT2D eigenvalue weighted by Gasteiger charge is 2.73. The molecular formula is C31H35N3. The lowest BCUT2D eigenvalue weighted by molar-refractivity contribution is 0.213. The Hall–Kier alpha value is -3.33. The number of benzene rings is 3. The van der Waals surface area contributed by atoms with E-state index in [2.05, 4.69) is 120 Å². The van der Waals surface area contributed by atoms with E-state index < -0.39 is 0 Å². The van der Waals surface area contributed by atoms with E-state index in [9.17, 15) is 5.41 Å². The minimum absolute atomic E-state index is 0.179. The molecule has 2 aliphatic rings. The van der Waals surface area contributed by atoms with Gasteiger partial charge in [-0.2, -0.15) is 0 Å². The standard InChI is InChI=1S/C31H35N3/c1-18-13-19(2)17-24(16-18)28(32)34-29(33-27-21(4)14-20(3)15-22(27)5)25-11-9-10-12-26(25)30(7)23(6)31(30,34)8/h9-17,29,32-33H,6H2,1-5,7-8H3. The third kappa shape index (κ3) is 2.92. The first-order valence-electron chi connectivity index (χ1n) is 12.1. The van der Waals surface area contributed by atoms with E-state index in [4.69, 9.17) is 0 Å². The van der Waals surface area contributed by atoms with E-state index in [-0.39, 0.29) is 17.1 Å². The zero-order valence-corrected chi connectivity index (χ0v) is 21.4. The number of nitrogens with one attached hydrogen (secondary N) is 2. The van der Waals surface area contributed by atoms with Gasteiger partial charge in [-0.25, -0.2) is 0 Å². The Morgan fingerprint density at radius 3 is 2.06 bits per heavy atom. The molecule has 0 radical (unpaired) electrons. The van der Waals surface area contributed by atoms with Crippen LogP contribution in [0.5, 0.6) is 0 Å². The van der Waals surface area contributed by atoms with Crippen LogP contribution in [0.25, 0.3) is 0 Å². The Morgan fingerprint density at radius 1 is 0.882 bits per heavy atom.